The molecule has 2 aromatic carbocycles. The van der Waals surface area contributed by atoms with Crippen LogP contribution in [0.15, 0.2) is 64.9 Å². The van der Waals surface area contributed by atoms with Crippen molar-refractivity contribution in [1.29, 1.82) is 0 Å². The number of fused-ring (bicyclic) bond motifs is 1. The van der Waals surface area contributed by atoms with Crippen LogP contribution in [0.2, 0.25) is 5.02 Å². The number of nitrogens with one attached hydrogen (secondary N) is 1. The summed E-state index contributed by atoms with van der Waals surface area (Å²) >= 11 is 5.89. The zero-order valence-corrected chi connectivity index (χ0v) is 26.0. The number of likely N-dealkylation sites (N-methyl/N-ethyl adjacent to an activating group) is 1. The third-order valence-electron chi connectivity index (χ3n) is 7.09. The molecule has 228 valence electrons. The maximum atomic E-state index is 13.4. The standard InChI is InChI=1S/C27H34ClN5O7S2/c1-18-13-33(19(2)16-34)27(35)12-20-11-22(30-41(36,37)23-8-5-21(28)6-9-23)7-10-24(20)40-25(18)14-32(4)42(38,39)26-15-31(3)17-29-26/h5-11,15,17-19,25,30,34H,12-14,16H2,1-4H3/t18-,19-,25-/m1/s1. The van der Waals surface area contributed by atoms with Crippen LogP contribution in [-0.4, -0.2) is 85.5 Å². The Labute approximate surface area is 251 Å². The van der Waals surface area contributed by atoms with Gasteiger partial charge in [0.1, 0.15) is 11.9 Å². The summed E-state index contributed by atoms with van der Waals surface area (Å²) in [6.07, 6.45) is 1.97. The highest BCUT2D eigenvalue weighted by atomic mass is 35.5. The molecule has 3 atom stereocenters. The largest absolute Gasteiger partial charge is 0.488 e. The molecule has 2 N–H and O–H groups in total. The van der Waals surface area contributed by atoms with Crippen molar-refractivity contribution in [3.63, 3.8) is 0 Å². The zero-order chi connectivity index (χ0) is 30.8. The molecular weight excluding hydrogens is 606 g/mol. The van der Waals surface area contributed by atoms with Crippen LogP contribution in [-0.2, 0) is 38.3 Å². The lowest BCUT2D eigenvalue weighted by molar-refractivity contribution is -0.134. The molecule has 0 aliphatic carbocycles. The number of amides is 1. The van der Waals surface area contributed by atoms with Crippen LogP contribution in [0.1, 0.15) is 19.4 Å². The number of aliphatic hydroxyl groups excluding tert-OH is 1. The molecule has 1 aliphatic heterocycles. The maximum absolute atomic E-state index is 13.4. The van der Waals surface area contributed by atoms with Gasteiger partial charge in [0.05, 0.1) is 36.8 Å². The predicted octanol–water partition coefficient (Wildman–Crippen LogP) is 2.34. The van der Waals surface area contributed by atoms with Crippen molar-refractivity contribution in [3.05, 3.63) is 65.6 Å². The van der Waals surface area contributed by atoms with Gasteiger partial charge in [0.2, 0.25) is 5.91 Å². The summed E-state index contributed by atoms with van der Waals surface area (Å²) in [4.78, 5) is 19.0. The minimum Gasteiger partial charge on any atom is -0.488 e. The number of carbonyl (C=O) groups excluding carboxylic acids is 1. The van der Waals surface area contributed by atoms with Gasteiger partial charge in [0, 0.05) is 49.0 Å². The lowest BCUT2D eigenvalue weighted by atomic mass is 10.0. The van der Waals surface area contributed by atoms with Crippen LogP contribution in [0.4, 0.5) is 5.69 Å². The second-order valence-electron chi connectivity index (χ2n) is 10.4. The number of aryl methyl sites for hydroxylation is 1. The molecule has 0 saturated heterocycles. The number of aromatic nitrogens is 2. The number of nitrogens with zero attached hydrogens (tertiary/aromatic N) is 4. The number of hydrogen-bond donors (Lipinski definition) is 2. The fourth-order valence-electron chi connectivity index (χ4n) is 4.57. The van der Waals surface area contributed by atoms with Crippen molar-refractivity contribution in [2.24, 2.45) is 13.0 Å². The van der Waals surface area contributed by atoms with Crippen molar-refractivity contribution in [2.75, 3.05) is 31.5 Å². The van der Waals surface area contributed by atoms with E-state index in [1.807, 2.05) is 6.92 Å². The summed E-state index contributed by atoms with van der Waals surface area (Å²) < 4.78 is 63.9. The number of sulfonamides is 2. The van der Waals surface area contributed by atoms with Crippen LogP contribution in [0.25, 0.3) is 0 Å². The molecule has 1 aromatic heterocycles. The molecular formula is C27H34ClN5O7S2. The molecule has 0 spiro atoms. The third-order valence-corrected chi connectivity index (χ3v) is 10.4. The number of anilines is 1. The monoisotopic (exact) mass is 639 g/mol. The Morgan fingerprint density at radius 1 is 1.19 bits per heavy atom. The van der Waals surface area contributed by atoms with Gasteiger partial charge in [-0.05, 0) is 49.4 Å². The van der Waals surface area contributed by atoms with Gasteiger partial charge in [-0.1, -0.05) is 18.5 Å². The molecule has 1 aliphatic rings. The van der Waals surface area contributed by atoms with Crippen molar-refractivity contribution in [2.45, 2.75) is 42.3 Å². The fraction of sp³-hybridized carbons (Fsp3) is 0.407. The van der Waals surface area contributed by atoms with E-state index in [9.17, 15) is 26.7 Å². The summed E-state index contributed by atoms with van der Waals surface area (Å²) in [5.41, 5.74) is 0.612. The number of rotatable bonds is 9. The SMILES string of the molecule is C[C@@H]1CN([C@H](C)CO)C(=O)Cc2cc(NS(=O)(=O)c3ccc(Cl)cc3)ccc2O[C@@H]1CN(C)S(=O)(=O)c1cn(C)cn1. The van der Waals surface area contributed by atoms with Gasteiger partial charge in [-0.2, -0.15) is 4.31 Å². The number of carbonyl (C=O) groups is 1. The van der Waals surface area contributed by atoms with E-state index < -0.39 is 32.2 Å². The number of ether oxygens (including phenoxy) is 1. The van der Waals surface area contributed by atoms with Crippen molar-refractivity contribution in [3.8, 4) is 5.75 Å². The second kappa shape index (κ2) is 12.6. The van der Waals surface area contributed by atoms with E-state index in [0.717, 1.165) is 4.31 Å². The minimum absolute atomic E-state index is 0.0109. The Morgan fingerprint density at radius 3 is 2.50 bits per heavy atom. The zero-order valence-electron chi connectivity index (χ0n) is 23.6. The van der Waals surface area contributed by atoms with Gasteiger partial charge in [-0.15, -0.1) is 0 Å². The van der Waals surface area contributed by atoms with Gasteiger partial charge in [-0.3, -0.25) is 9.52 Å². The van der Waals surface area contributed by atoms with Gasteiger partial charge < -0.3 is 19.3 Å². The molecule has 2 heterocycles. The molecule has 0 bridgehead atoms. The van der Waals surface area contributed by atoms with Crippen LogP contribution >= 0.6 is 11.6 Å². The van der Waals surface area contributed by atoms with Gasteiger partial charge >= 0.3 is 0 Å². The second-order valence-corrected chi connectivity index (χ2v) is 14.5. The first kappa shape index (κ1) is 31.8. The lowest BCUT2D eigenvalue weighted by Crippen LogP contribution is -2.48. The number of halogens is 1. The van der Waals surface area contributed by atoms with Crippen LogP contribution < -0.4 is 9.46 Å². The van der Waals surface area contributed by atoms with Gasteiger partial charge in [-0.25, -0.2) is 21.8 Å². The molecule has 0 radical (unpaired) electrons. The highest BCUT2D eigenvalue weighted by Crippen LogP contribution is 2.30. The molecule has 4 rings (SSSR count). The van der Waals surface area contributed by atoms with Crippen molar-refractivity contribution < 1.29 is 31.5 Å². The summed E-state index contributed by atoms with van der Waals surface area (Å²) in [6.45, 7) is 3.43. The number of aliphatic hydroxyl groups is 1. The Bertz CT molecular complexity index is 1650. The first-order valence-electron chi connectivity index (χ1n) is 13.1. The highest BCUT2D eigenvalue weighted by molar-refractivity contribution is 7.92. The molecule has 3 aromatic rings. The molecule has 0 fully saturated rings. The van der Waals surface area contributed by atoms with Crippen LogP contribution in [0, 0.1) is 5.92 Å². The van der Waals surface area contributed by atoms with Crippen LogP contribution in [0.3, 0.4) is 0 Å². The van der Waals surface area contributed by atoms with Crippen LogP contribution in [0.5, 0.6) is 5.75 Å². The fourth-order valence-corrected chi connectivity index (χ4v) is 6.89. The molecule has 15 heteroatoms. The number of benzene rings is 2. The van der Waals surface area contributed by atoms with Gasteiger partial charge in [0.25, 0.3) is 20.0 Å². The third kappa shape index (κ3) is 7.06. The van der Waals surface area contributed by atoms with Crippen molar-refractivity contribution in [1.82, 2.24) is 18.8 Å². The number of imidazole rings is 1. The molecule has 0 unspecified atom stereocenters. The van der Waals surface area contributed by atoms with E-state index in [-0.39, 0.29) is 53.6 Å². The van der Waals surface area contributed by atoms with E-state index in [0.29, 0.717) is 16.3 Å². The Balaban J connectivity index is 1.68. The van der Waals surface area contributed by atoms with Crippen molar-refractivity contribution >= 4 is 43.2 Å². The maximum Gasteiger partial charge on any atom is 0.261 e. The topological polar surface area (TPSA) is 151 Å². The molecule has 0 saturated carbocycles. The lowest BCUT2D eigenvalue weighted by Gasteiger charge is -2.33. The first-order chi connectivity index (χ1) is 19.7. The number of hydrogen-bond acceptors (Lipinski definition) is 8. The van der Waals surface area contributed by atoms with E-state index in [2.05, 4.69) is 9.71 Å². The summed E-state index contributed by atoms with van der Waals surface area (Å²) in [7, 11) is -4.79. The Morgan fingerprint density at radius 2 is 1.88 bits per heavy atom. The molecule has 42 heavy (non-hydrogen) atoms. The predicted molar refractivity (Wildman–Crippen MR) is 157 cm³/mol. The summed E-state index contributed by atoms with van der Waals surface area (Å²) in [6, 6.07) is 9.77. The molecule has 1 amide bonds. The minimum atomic E-state index is -3.96. The normalized spacial score (nSPS) is 18.9. The summed E-state index contributed by atoms with van der Waals surface area (Å²) in [5, 5.41) is 10.1. The highest BCUT2D eigenvalue weighted by Gasteiger charge is 2.34. The van der Waals surface area contributed by atoms with E-state index in [1.165, 1.54) is 65.4 Å². The van der Waals surface area contributed by atoms with E-state index in [1.54, 1.807) is 20.0 Å². The average molecular weight is 640 g/mol. The Hall–Kier alpha value is -3.17. The van der Waals surface area contributed by atoms with E-state index >= 15 is 0 Å². The van der Waals surface area contributed by atoms with E-state index in [4.69, 9.17) is 16.3 Å². The Kier molecular flexibility index (Phi) is 9.52. The quantitative estimate of drug-likeness (QED) is 0.362. The summed E-state index contributed by atoms with van der Waals surface area (Å²) in [5.74, 6) is -0.323. The van der Waals surface area contributed by atoms with Gasteiger partial charge in [0.15, 0.2) is 5.03 Å². The average Bonchev–Trinajstić information content (AvgIpc) is 3.39. The molecule has 12 nitrogen and oxygen atoms in total. The smallest absolute Gasteiger partial charge is 0.261 e. The first-order valence-corrected chi connectivity index (χ1v) is 16.4.